The third kappa shape index (κ3) is 5.74. The van der Waals surface area contributed by atoms with Crippen LogP contribution in [-0.2, 0) is 0 Å². The lowest BCUT2D eigenvalue weighted by Gasteiger charge is -2.15. The quantitative estimate of drug-likeness (QED) is 0.171. The zero-order chi connectivity index (χ0) is 37.7. The van der Waals surface area contributed by atoms with Gasteiger partial charge in [0.2, 0.25) is 0 Å². The van der Waals surface area contributed by atoms with E-state index in [1.54, 1.807) is 0 Å². The standard InChI is InChI=1S/C53H34N4/c1-2-16-36(17-3-1)43-22-8-9-26-47(43)53-55-51(41-21-14-20-38(32-41)39-30-29-35-15-4-5-18-37(35)31-39)54-52(56-53)42-33-40-19-6-7-23-44(40)50(34-42)57-48-27-12-10-24-45(48)46-25-11-13-28-49(46)57/h1-34H. The molecule has 0 atom stereocenters. The van der Waals surface area contributed by atoms with E-state index in [0.29, 0.717) is 17.5 Å². The third-order valence-corrected chi connectivity index (χ3v) is 11.0. The predicted octanol–water partition coefficient (Wildman–Crippen LogP) is 13.6. The van der Waals surface area contributed by atoms with Gasteiger partial charge in [0.15, 0.2) is 17.5 Å². The highest BCUT2D eigenvalue weighted by atomic mass is 15.0. The fourth-order valence-electron chi connectivity index (χ4n) is 8.30. The van der Waals surface area contributed by atoms with E-state index in [0.717, 1.165) is 66.4 Å². The van der Waals surface area contributed by atoms with Gasteiger partial charge in [-0.25, -0.2) is 15.0 Å². The van der Waals surface area contributed by atoms with Crippen molar-refractivity contribution in [2.24, 2.45) is 0 Å². The van der Waals surface area contributed by atoms with Crippen LogP contribution in [0, 0.1) is 0 Å². The maximum Gasteiger partial charge on any atom is 0.164 e. The van der Waals surface area contributed by atoms with Crippen LogP contribution in [0.5, 0.6) is 0 Å². The molecule has 0 fully saturated rings. The lowest BCUT2D eigenvalue weighted by Crippen LogP contribution is -2.02. The number of hydrogen-bond acceptors (Lipinski definition) is 3. The maximum atomic E-state index is 5.32. The number of benzene rings is 9. The van der Waals surface area contributed by atoms with Crippen molar-refractivity contribution in [3.8, 4) is 62.1 Å². The molecule has 0 aliphatic rings. The molecule has 0 saturated carbocycles. The molecule has 0 amide bonds. The van der Waals surface area contributed by atoms with Crippen LogP contribution in [0.15, 0.2) is 206 Å². The van der Waals surface area contributed by atoms with Crippen molar-refractivity contribution in [3.05, 3.63) is 206 Å². The van der Waals surface area contributed by atoms with E-state index in [9.17, 15) is 0 Å². The van der Waals surface area contributed by atoms with Gasteiger partial charge in [-0.15, -0.1) is 0 Å². The molecule has 2 heterocycles. The molecule has 266 valence electrons. The van der Waals surface area contributed by atoms with Gasteiger partial charge in [-0.1, -0.05) is 170 Å². The highest BCUT2D eigenvalue weighted by Crippen LogP contribution is 2.38. The van der Waals surface area contributed by atoms with Gasteiger partial charge >= 0.3 is 0 Å². The fourth-order valence-corrected chi connectivity index (χ4v) is 8.30. The Bertz CT molecular complexity index is 3250. The Balaban J connectivity index is 1.15. The van der Waals surface area contributed by atoms with E-state index < -0.39 is 0 Å². The summed E-state index contributed by atoms with van der Waals surface area (Å²) >= 11 is 0. The number of nitrogens with zero attached hydrogens (tertiary/aromatic N) is 4. The minimum Gasteiger partial charge on any atom is -0.309 e. The number of para-hydroxylation sites is 2. The van der Waals surface area contributed by atoms with Crippen LogP contribution in [0.2, 0.25) is 0 Å². The monoisotopic (exact) mass is 726 g/mol. The average molecular weight is 727 g/mol. The molecule has 2 aromatic heterocycles. The van der Waals surface area contributed by atoms with Crippen LogP contribution in [-0.4, -0.2) is 19.5 Å². The number of hydrogen-bond donors (Lipinski definition) is 0. The Morgan fingerprint density at radius 1 is 0.281 bits per heavy atom. The van der Waals surface area contributed by atoms with E-state index in [1.807, 2.05) is 6.07 Å². The second kappa shape index (κ2) is 13.6. The molecule has 0 radical (unpaired) electrons. The third-order valence-electron chi connectivity index (χ3n) is 11.0. The summed E-state index contributed by atoms with van der Waals surface area (Å²) in [7, 11) is 0. The van der Waals surface area contributed by atoms with Crippen molar-refractivity contribution < 1.29 is 0 Å². The maximum absolute atomic E-state index is 5.32. The van der Waals surface area contributed by atoms with Crippen LogP contribution >= 0.6 is 0 Å². The molecule has 4 nitrogen and oxygen atoms in total. The minimum absolute atomic E-state index is 0.613. The normalized spacial score (nSPS) is 11.5. The number of fused-ring (bicyclic) bond motifs is 5. The predicted molar refractivity (Wildman–Crippen MR) is 236 cm³/mol. The van der Waals surface area contributed by atoms with Gasteiger partial charge in [0.1, 0.15) is 0 Å². The van der Waals surface area contributed by atoms with Crippen molar-refractivity contribution in [1.82, 2.24) is 19.5 Å². The van der Waals surface area contributed by atoms with Crippen LogP contribution < -0.4 is 0 Å². The van der Waals surface area contributed by atoms with Gasteiger partial charge in [-0.2, -0.15) is 0 Å². The summed E-state index contributed by atoms with van der Waals surface area (Å²) < 4.78 is 2.39. The zero-order valence-corrected chi connectivity index (χ0v) is 30.9. The summed E-state index contributed by atoms with van der Waals surface area (Å²) in [6.07, 6.45) is 0. The highest BCUT2D eigenvalue weighted by Gasteiger charge is 2.19. The lowest BCUT2D eigenvalue weighted by molar-refractivity contribution is 1.07. The topological polar surface area (TPSA) is 43.6 Å². The molecule has 57 heavy (non-hydrogen) atoms. The summed E-state index contributed by atoms with van der Waals surface area (Å²) in [5, 5.41) is 7.13. The van der Waals surface area contributed by atoms with E-state index in [-0.39, 0.29) is 0 Å². The molecule has 0 bridgehead atoms. The van der Waals surface area contributed by atoms with Crippen LogP contribution in [0.1, 0.15) is 0 Å². The first kappa shape index (κ1) is 32.7. The smallest absolute Gasteiger partial charge is 0.164 e. The van der Waals surface area contributed by atoms with Gasteiger partial charge < -0.3 is 4.57 Å². The fraction of sp³-hybridized carbons (Fsp3) is 0. The van der Waals surface area contributed by atoms with Crippen molar-refractivity contribution in [1.29, 1.82) is 0 Å². The average Bonchev–Trinajstić information content (AvgIpc) is 3.63. The van der Waals surface area contributed by atoms with Gasteiger partial charge in [0.25, 0.3) is 0 Å². The van der Waals surface area contributed by atoms with Gasteiger partial charge in [-0.3, -0.25) is 0 Å². The second-order valence-corrected chi connectivity index (χ2v) is 14.4. The molecule has 0 saturated heterocycles. The van der Waals surface area contributed by atoms with Crippen molar-refractivity contribution in [3.63, 3.8) is 0 Å². The van der Waals surface area contributed by atoms with Gasteiger partial charge in [0.05, 0.1) is 16.7 Å². The molecular formula is C53H34N4. The van der Waals surface area contributed by atoms with Crippen molar-refractivity contribution in [2.75, 3.05) is 0 Å². The second-order valence-electron chi connectivity index (χ2n) is 14.4. The van der Waals surface area contributed by atoms with Crippen molar-refractivity contribution >= 4 is 43.4 Å². The first-order valence-corrected chi connectivity index (χ1v) is 19.3. The van der Waals surface area contributed by atoms with E-state index in [1.165, 1.54) is 21.5 Å². The molecule has 11 aromatic rings. The molecule has 4 heteroatoms. The van der Waals surface area contributed by atoms with Crippen LogP contribution in [0.4, 0.5) is 0 Å². The van der Waals surface area contributed by atoms with Crippen LogP contribution in [0.25, 0.3) is 105 Å². The molecule has 11 rings (SSSR count). The largest absolute Gasteiger partial charge is 0.309 e. The van der Waals surface area contributed by atoms with Crippen molar-refractivity contribution in [2.45, 2.75) is 0 Å². The Hall–Kier alpha value is -7.69. The summed E-state index contributed by atoms with van der Waals surface area (Å²) in [6.45, 7) is 0. The summed E-state index contributed by atoms with van der Waals surface area (Å²) in [5.41, 5.74) is 10.6. The Labute approximate surface area is 330 Å². The zero-order valence-electron chi connectivity index (χ0n) is 30.9. The van der Waals surface area contributed by atoms with Gasteiger partial charge in [-0.05, 0) is 74.8 Å². The Kier molecular flexibility index (Phi) is 7.78. The Morgan fingerprint density at radius 2 is 0.807 bits per heavy atom. The summed E-state index contributed by atoms with van der Waals surface area (Å²) in [5.74, 6) is 1.85. The molecular weight excluding hydrogens is 693 g/mol. The number of rotatable bonds is 6. The Morgan fingerprint density at radius 3 is 1.58 bits per heavy atom. The van der Waals surface area contributed by atoms with Gasteiger partial charge in [0, 0.05) is 32.8 Å². The SMILES string of the molecule is c1ccc(-c2ccccc2-c2nc(-c3cccc(-c4ccc5ccccc5c4)c3)nc(-c3cc(-n4c5ccccc5c5ccccc54)c4ccccc4c3)n2)cc1. The minimum atomic E-state index is 0.613. The molecule has 0 aliphatic heterocycles. The first-order valence-electron chi connectivity index (χ1n) is 19.3. The molecule has 0 unspecified atom stereocenters. The summed E-state index contributed by atoms with van der Waals surface area (Å²) in [4.78, 5) is 15.9. The molecule has 9 aromatic carbocycles. The number of aromatic nitrogens is 4. The molecule has 0 aliphatic carbocycles. The lowest BCUT2D eigenvalue weighted by atomic mass is 9.98. The van der Waals surface area contributed by atoms with E-state index >= 15 is 0 Å². The van der Waals surface area contributed by atoms with E-state index in [4.69, 9.17) is 15.0 Å². The first-order chi connectivity index (χ1) is 28.2. The summed E-state index contributed by atoms with van der Waals surface area (Å²) in [6, 6.07) is 72.8. The van der Waals surface area contributed by atoms with Crippen LogP contribution in [0.3, 0.4) is 0 Å². The molecule has 0 spiro atoms. The molecule has 0 N–H and O–H groups in total. The van der Waals surface area contributed by atoms with E-state index in [2.05, 4.69) is 205 Å². The highest BCUT2D eigenvalue weighted by molar-refractivity contribution is 6.11.